The molecule has 20 heavy (non-hydrogen) atoms. The highest BCUT2D eigenvalue weighted by atomic mass is 16.1. The van der Waals surface area contributed by atoms with Crippen molar-refractivity contribution in [2.45, 2.75) is 46.5 Å². The Morgan fingerprint density at radius 1 is 1.15 bits per heavy atom. The summed E-state index contributed by atoms with van der Waals surface area (Å²) in [6.45, 7) is 13.5. The van der Waals surface area contributed by atoms with Gasteiger partial charge >= 0.3 is 0 Å². The SMILES string of the molecule is CCN(CC)CCC(=O)Nc1ccccc1C(C)(C)C. The molecule has 1 aromatic carbocycles. The molecular weight excluding hydrogens is 248 g/mol. The van der Waals surface area contributed by atoms with E-state index in [4.69, 9.17) is 0 Å². The lowest BCUT2D eigenvalue weighted by Crippen LogP contribution is -2.28. The number of carbonyl (C=O) groups is 1. The van der Waals surface area contributed by atoms with E-state index in [2.05, 4.69) is 50.9 Å². The van der Waals surface area contributed by atoms with Crippen LogP contribution < -0.4 is 5.32 Å². The molecule has 0 saturated carbocycles. The summed E-state index contributed by atoms with van der Waals surface area (Å²) in [5, 5.41) is 3.06. The molecule has 0 aliphatic carbocycles. The van der Waals surface area contributed by atoms with E-state index in [1.165, 1.54) is 5.56 Å². The standard InChI is InChI=1S/C17H28N2O/c1-6-19(7-2)13-12-16(20)18-15-11-9-8-10-14(15)17(3,4)5/h8-11H,6-7,12-13H2,1-5H3,(H,18,20). The zero-order chi connectivity index (χ0) is 15.2. The molecule has 0 fully saturated rings. The van der Waals surface area contributed by atoms with Gasteiger partial charge in [0.2, 0.25) is 5.91 Å². The molecule has 0 aliphatic heterocycles. The second kappa shape index (κ2) is 7.44. The number of amides is 1. The van der Waals surface area contributed by atoms with E-state index in [0.29, 0.717) is 6.42 Å². The van der Waals surface area contributed by atoms with Crippen molar-refractivity contribution in [3.8, 4) is 0 Å². The summed E-state index contributed by atoms with van der Waals surface area (Å²) in [7, 11) is 0. The zero-order valence-electron chi connectivity index (χ0n) is 13.5. The zero-order valence-corrected chi connectivity index (χ0v) is 13.5. The number of carbonyl (C=O) groups excluding carboxylic acids is 1. The molecular formula is C17H28N2O. The van der Waals surface area contributed by atoms with Gasteiger partial charge in [-0.1, -0.05) is 52.8 Å². The number of benzene rings is 1. The largest absolute Gasteiger partial charge is 0.326 e. The summed E-state index contributed by atoms with van der Waals surface area (Å²) < 4.78 is 0. The summed E-state index contributed by atoms with van der Waals surface area (Å²) >= 11 is 0. The summed E-state index contributed by atoms with van der Waals surface area (Å²) in [6, 6.07) is 8.05. The van der Waals surface area contributed by atoms with Crippen LogP contribution in [-0.2, 0) is 10.2 Å². The molecule has 0 unspecified atom stereocenters. The first-order valence-corrected chi connectivity index (χ1v) is 7.50. The van der Waals surface area contributed by atoms with Gasteiger partial charge in [0.1, 0.15) is 0 Å². The Labute approximate surface area is 123 Å². The quantitative estimate of drug-likeness (QED) is 0.860. The fraction of sp³-hybridized carbons (Fsp3) is 0.588. The molecule has 0 aromatic heterocycles. The average Bonchev–Trinajstić information content (AvgIpc) is 2.39. The second-order valence-corrected chi connectivity index (χ2v) is 6.12. The van der Waals surface area contributed by atoms with Crippen molar-refractivity contribution in [3.63, 3.8) is 0 Å². The minimum atomic E-state index is 0.0305. The number of rotatable bonds is 6. The van der Waals surface area contributed by atoms with Gasteiger partial charge in [-0.3, -0.25) is 4.79 Å². The van der Waals surface area contributed by atoms with Crippen molar-refractivity contribution in [2.24, 2.45) is 0 Å². The van der Waals surface area contributed by atoms with Crippen molar-refractivity contribution in [3.05, 3.63) is 29.8 Å². The van der Waals surface area contributed by atoms with Crippen LogP contribution in [0.4, 0.5) is 5.69 Å². The topological polar surface area (TPSA) is 32.3 Å². The number of para-hydroxylation sites is 1. The van der Waals surface area contributed by atoms with Crippen molar-refractivity contribution in [1.82, 2.24) is 4.90 Å². The Hall–Kier alpha value is -1.35. The normalized spacial score (nSPS) is 11.7. The lowest BCUT2D eigenvalue weighted by Gasteiger charge is -2.23. The van der Waals surface area contributed by atoms with Crippen LogP contribution in [0.2, 0.25) is 0 Å². The van der Waals surface area contributed by atoms with Gasteiger partial charge in [0.15, 0.2) is 0 Å². The third-order valence-corrected chi connectivity index (χ3v) is 3.56. The first-order chi connectivity index (χ1) is 9.38. The molecule has 0 bridgehead atoms. The first kappa shape index (κ1) is 16.7. The van der Waals surface area contributed by atoms with Crippen molar-refractivity contribution in [2.75, 3.05) is 25.0 Å². The van der Waals surface area contributed by atoms with Crippen LogP contribution in [0.3, 0.4) is 0 Å². The maximum atomic E-state index is 12.1. The first-order valence-electron chi connectivity index (χ1n) is 7.50. The third kappa shape index (κ3) is 4.97. The van der Waals surface area contributed by atoms with Gasteiger partial charge in [-0.15, -0.1) is 0 Å². The number of hydrogen-bond donors (Lipinski definition) is 1. The Bertz CT molecular complexity index is 431. The Balaban J connectivity index is 2.67. The van der Waals surface area contributed by atoms with E-state index in [1.807, 2.05) is 18.2 Å². The predicted octanol–water partition coefficient (Wildman–Crippen LogP) is 3.65. The highest BCUT2D eigenvalue weighted by Gasteiger charge is 2.18. The van der Waals surface area contributed by atoms with Crippen LogP contribution in [-0.4, -0.2) is 30.4 Å². The van der Waals surface area contributed by atoms with Crippen LogP contribution in [0.1, 0.15) is 46.6 Å². The molecule has 0 heterocycles. The Morgan fingerprint density at radius 2 is 1.75 bits per heavy atom. The van der Waals surface area contributed by atoms with Crippen molar-refractivity contribution >= 4 is 11.6 Å². The number of anilines is 1. The van der Waals surface area contributed by atoms with E-state index in [9.17, 15) is 4.79 Å². The number of nitrogens with zero attached hydrogens (tertiary/aromatic N) is 1. The summed E-state index contributed by atoms with van der Waals surface area (Å²) in [5.41, 5.74) is 2.14. The van der Waals surface area contributed by atoms with E-state index in [0.717, 1.165) is 25.3 Å². The number of nitrogens with one attached hydrogen (secondary N) is 1. The molecule has 3 nitrogen and oxygen atoms in total. The smallest absolute Gasteiger partial charge is 0.225 e. The highest BCUT2D eigenvalue weighted by Crippen LogP contribution is 2.29. The lowest BCUT2D eigenvalue weighted by molar-refractivity contribution is -0.116. The molecule has 1 N–H and O–H groups in total. The van der Waals surface area contributed by atoms with Crippen LogP contribution >= 0.6 is 0 Å². The maximum Gasteiger partial charge on any atom is 0.225 e. The lowest BCUT2D eigenvalue weighted by atomic mass is 9.86. The fourth-order valence-corrected chi connectivity index (χ4v) is 2.26. The van der Waals surface area contributed by atoms with Crippen LogP contribution in [0.25, 0.3) is 0 Å². The van der Waals surface area contributed by atoms with Crippen molar-refractivity contribution < 1.29 is 4.79 Å². The van der Waals surface area contributed by atoms with Gasteiger partial charge in [-0.2, -0.15) is 0 Å². The molecule has 3 heteroatoms. The minimum Gasteiger partial charge on any atom is -0.326 e. The summed E-state index contributed by atoms with van der Waals surface area (Å²) in [5.74, 6) is 0.0913. The monoisotopic (exact) mass is 276 g/mol. The van der Waals surface area contributed by atoms with Crippen LogP contribution in [0, 0.1) is 0 Å². The number of hydrogen-bond acceptors (Lipinski definition) is 2. The maximum absolute atomic E-state index is 12.1. The molecule has 0 saturated heterocycles. The summed E-state index contributed by atoms with van der Waals surface area (Å²) in [4.78, 5) is 14.3. The van der Waals surface area contributed by atoms with Crippen LogP contribution in [0.5, 0.6) is 0 Å². The molecule has 0 atom stereocenters. The Morgan fingerprint density at radius 3 is 2.30 bits per heavy atom. The van der Waals surface area contributed by atoms with Crippen LogP contribution in [0.15, 0.2) is 24.3 Å². The van der Waals surface area contributed by atoms with E-state index >= 15 is 0 Å². The Kier molecular flexibility index (Phi) is 6.21. The van der Waals surface area contributed by atoms with E-state index in [1.54, 1.807) is 0 Å². The average molecular weight is 276 g/mol. The van der Waals surface area contributed by atoms with E-state index < -0.39 is 0 Å². The van der Waals surface area contributed by atoms with E-state index in [-0.39, 0.29) is 11.3 Å². The highest BCUT2D eigenvalue weighted by molar-refractivity contribution is 5.91. The predicted molar refractivity (Wildman–Crippen MR) is 86.2 cm³/mol. The second-order valence-electron chi connectivity index (χ2n) is 6.12. The fourth-order valence-electron chi connectivity index (χ4n) is 2.26. The molecule has 112 valence electrons. The van der Waals surface area contributed by atoms with Gasteiger partial charge in [-0.25, -0.2) is 0 Å². The van der Waals surface area contributed by atoms with Gasteiger partial charge in [0, 0.05) is 18.7 Å². The molecule has 1 aromatic rings. The van der Waals surface area contributed by atoms with Gasteiger partial charge in [-0.05, 0) is 30.1 Å². The minimum absolute atomic E-state index is 0.0305. The molecule has 0 aliphatic rings. The summed E-state index contributed by atoms with van der Waals surface area (Å²) in [6.07, 6.45) is 0.542. The van der Waals surface area contributed by atoms with Crippen molar-refractivity contribution in [1.29, 1.82) is 0 Å². The van der Waals surface area contributed by atoms with Gasteiger partial charge in [0.05, 0.1) is 0 Å². The third-order valence-electron chi connectivity index (χ3n) is 3.56. The van der Waals surface area contributed by atoms with Gasteiger partial charge in [0.25, 0.3) is 0 Å². The molecule has 1 amide bonds. The molecule has 0 spiro atoms. The molecule has 1 rings (SSSR count). The molecule has 0 radical (unpaired) electrons. The van der Waals surface area contributed by atoms with Gasteiger partial charge < -0.3 is 10.2 Å².